The number of nitrogens with one attached hydrogen (secondary N) is 1. The van der Waals surface area contributed by atoms with Gasteiger partial charge in [0.25, 0.3) is 5.91 Å². The molecule has 0 fully saturated rings. The molecule has 1 atom stereocenters. The third kappa shape index (κ3) is 4.08. The quantitative estimate of drug-likeness (QED) is 0.719. The second-order valence-corrected chi connectivity index (χ2v) is 5.85. The molecule has 0 aliphatic carbocycles. The number of amides is 1. The molecule has 5 nitrogen and oxygen atoms in total. The first-order valence-corrected chi connectivity index (χ1v) is 7.93. The molecule has 0 saturated carbocycles. The summed E-state index contributed by atoms with van der Waals surface area (Å²) in [6, 6.07) is 19.6. The normalized spacial score (nSPS) is 13.0. The summed E-state index contributed by atoms with van der Waals surface area (Å²) in [6.45, 7) is 1.59. The summed E-state index contributed by atoms with van der Waals surface area (Å²) in [4.78, 5) is 12.5. The minimum Gasteiger partial charge on any atom is -0.466 e. The molecule has 128 valence electrons. The molecular formula is C20H19NO4. The van der Waals surface area contributed by atoms with Crippen LogP contribution in [0.25, 0.3) is 0 Å². The topological polar surface area (TPSA) is 71.7 Å². The van der Waals surface area contributed by atoms with Crippen LogP contribution in [0.1, 0.15) is 23.0 Å². The first kappa shape index (κ1) is 16.8. The third-order valence-corrected chi connectivity index (χ3v) is 3.75. The first-order valence-electron chi connectivity index (χ1n) is 7.93. The number of rotatable bonds is 6. The highest BCUT2D eigenvalue weighted by Crippen LogP contribution is 2.25. The molecule has 5 heteroatoms. The van der Waals surface area contributed by atoms with E-state index in [9.17, 15) is 9.90 Å². The zero-order chi connectivity index (χ0) is 17.7. The Labute approximate surface area is 145 Å². The van der Waals surface area contributed by atoms with Gasteiger partial charge in [0, 0.05) is 0 Å². The standard InChI is InChI=1S/C20H19NO4/c1-20(23,18-12-7-13-24-18)14-21-19(22)16-10-5-6-11-17(16)25-15-8-3-2-4-9-15/h2-13,23H,14H2,1H3,(H,21,22). The molecule has 0 radical (unpaired) electrons. The van der Waals surface area contributed by atoms with E-state index in [0.29, 0.717) is 22.8 Å². The Bertz CT molecular complexity index is 826. The fourth-order valence-corrected chi connectivity index (χ4v) is 2.38. The van der Waals surface area contributed by atoms with Crippen molar-refractivity contribution in [1.29, 1.82) is 0 Å². The number of carbonyl (C=O) groups excluding carboxylic acids is 1. The highest BCUT2D eigenvalue weighted by atomic mass is 16.5. The van der Waals surface area contributed by atoms with Crippen LogP contribution in [-0.4, -0.2) is 17.6 Å². The van der Waals surface area contributed by atoms with Gasteiger partial charge >= 0.3 is 0 Å². The van der Waals surface area contributed by atoms with E-state index in [4.69, 9.17) is 9.15 Å². The Hall–Kier alpha value is -3.05. The first-order chi connectivity index (χ1) is 12.1. The van der Waals surface area contributed by atoms with Crippen molar-refractivity contribution < 1.29 is 19.1 Å². The predicted octanol–water partition coefficient (Wildman–Crippen LogP) is 3.71. The second kappa shape index (κ2) is 7.23. The van der Waals surface area contributed by atoms with Crippen molar-refractivity contribution >= 4 is 5.91 Å². The summed E-state index contributed by atoms with van der Waals surface area (Å²) >= 11 is 0. The molecule has 0 aliphatic rings. The number of ether oxygens (including phenoxy) is 1. The summed E-state index contributed by atoms with van der Waals surface area (Å²) in [5.74, 6) is 1.15. The van der Waals surface area contributed by atoms with Crippen LogP contribution in [0.3, 0.4) is 0 Å². The summed E-state index contributed by atoms with van der Waals surface area (Å²) in [5, 5.41) is 13.2. The van der Waals surface area contributed by atoms with E-state index >= 15 is 0 Å². The summed E-state index contributed by atoms with van der Waals surface area (Å²) in [7, 11) is 0. The maximum atomic E-state index is 12.5. The van der Waals surface area contributed by atoms with E-state index in [-0.39, 0.29) is 12.5 Å². The van der Waals surface area contributed by atoms with Crippen molar-refractivity contribution in [3.05, 3.63) is 84.3 Å². The summed E-state index contributed by atoms with van der Waals surface area (Å²) in [5.41, 5.74) is -0.907. The average molecular weight is 337 g/mol. The summed E-state index contributed by atoms with van der Waals surface area (Å²) < 4.78 is 11.0. The minimum atomic E-state index is -1.30. The van der Waals surface area contributed by atoms with Gasteiger partial charge in [0.2, 0.25) is 0 Å². The zero-order valence-electron chi connectivity index (χ0n) is 13.8. The third-order valence-electron chi connectivity index (χ3n) is 3.75. The van der Waals surface area contributed by atoms with Gasteiger partial charge in [0.05, 0.1) is 18.4 Å². The molecule has 1 amide bonds. The van der Waals surface area contributed by atoms with Crippen LogP contribution in [-0.2, 0) is 5.60 Å². The van der Waals surface area contributed by atoms with Crippen molar-refractivity contribution in [2.24, 2.45) is 0 Å². The smallest absolute Gasteiger partial charge is 0.255 e. The number of aliphatic hydroxyl groups is 1. The van der Waals surface area contributed by atoms with Crippen LogP contribution < -0.4 is 10.1 Å². The van der Waals surface area contributed by atoms with Gasteiger partial charge in [-0.15, -0.1) is 0 Å². The number of furan rings is 1. The molecule has 1 aromatic heterocycles. The molecule has 1 heterocycles. The van der Waals surface area contributed by atoms with Crippen LogP contribution in [0.2, 0.25) is 0 Å². The van der Waals surface area contributed by atoms with Crippen molar-refractivity contribution in [3.8, 4) is 11.5 Å². The zero-order valence-corrected chi connectivity index (χ0v) is 13.8. The van der Waals surface area contributed by atoms with Crippen LogP contribution >= 0.6 is 0 Å². The number of hydrogen-bond acceptors (Lipinski definition) is 4. The largest absolute Gasteiger partial charge is 0.466 e. The number of carbonyl (C=O) groups is 1. The molecule has 3 aromatic rings. The van der Waals surface area contributed by atoms with Crippen molar-refractivity contribution in [2.45, 2.75) is 12.5 Å². The Morgan fingerprint density at radius 1 is 1.08 bits per heavy atom. The lowest BCUT2D eigenvalue weighted by Crippen LogP contribution is -2.38. The fourth-order valence-electron chi connectivity index (χ4n) is 2.38. The van der Waals surface area contributed by atoms with Gasteiger partial charge < -0.3 is 19.6 Å². The number of para-hydroxylation sites is 2. The maximum Gasteiger partial charge on any atom is 0.255 e. The van der Waals surface area contributed by atoms with Gasteiger partial charge in [-0.1, -0.05) is 30.3 Å². The van der Waals surface area contributed by atoms with E-state index in [1.807, 2.05) is 30.3 Å². The van der Waals surface area contributed by atoms with E-state index < -0.39 is 5.60 Å². The molecule has 25 heavy (non-hydrogen) atoms. The van der Waals surface area contributed by atoms with Crippen LogP contribution in [0.15, 0.2) is 77.4 Å². The average Bonchev–Trinajstić information content (AvgIpc) is 3.17. The second-order valence-electron chi connectivity index (χ2n) is 5.85. The fraction of sp³-hybridized carbons (Fsp3) is 0.150. The van der Waals surface area contributed by atoms with Crippen molar-refractivity contribution in [3.63, 3.8) is 0 Å². The van der Waals surface area contributed by atoms with Gasteiger partial charge in [-0.25, -0.2) is 0 Å². The lowest BCUT2D eigenvalue weighted by atomic mass is 10.0. The number of hydrogen-bond donors (Lipinski definition) is 2. The van der Waals surface area contributed by atoms with Crippen LogP contribution in [0.5, 0.6) is 11.5 Å². The highest BCUT2D eigenvalue weighted by Gasteiger charge is 2.27. The Kier molecular flexibility index (Phi) is 4.86. The molecule has 0 bridgehead atoms. The van der Waals surface area contributed by atoms with Gasteiger partial charge in [-0.05, 0) is 43.3 Å². The Morgan fingerprint density at radius 3 is 2.52 bits per heavy atom. The molecular weight excluding hydrogens is 318 g/mol. The molecule has 0 saturated heterocycles. The monoisotopic (exact) mass is 337 g/mol. The van der Waals surface area contributed by atoms with E-state index in [2.05, 4.69) is 5.32 Å². The van der Waals surface area contributed by atoms with E-state index in [1.54, 1.807) is 43.3 Å². The SMILES string of the molecule is CC(O)(CNC(=O)c1ccccc1Oc1ccccc1)c1ccco1. The molecule has 3 rings (SSSR count). The Morgan fingerprint density at radius 2 is 1.80 bits per heavy atom. The summed E-state index contributed by atoms with van der Waals surface area (Å²) in [6.07, 6.45) is 1.48. The van der Waals surface area contributed by atoms with Crippen molar-refractivity contribution in [2.75, 3.05) is 6.54 Å². The molecule has 0 spiro atoms. The highest BCUT2D eigenvalue weighted by molar-refractivity contribution is 5.97. The van der Waals surface area contributed by atoms with Gasteiger partial charge in [-0.3, -0.25) is 4.79 Å². The van der Waals surface area contributed by atoms with Crippen molar-refractivity contribution in [1.82, 2.24) is 5.32 Å². The van der Waals surface area contributed by atoms with Gasteiger partial charge in [-0.2, -0.15) is 0 Å². The van der Waals surface area contributed by atoms with Gasteiger partial charge in [0.15, 0.2) is 0 Å². The lowest BCUT2D eigenvalue weighted by molar-refractivity contribution is 0.0330. The number of benzene rings is 2. The van der Waals surface area contributed by atoms with Crippen LogP contribution in [0.4, 0.5) is 0 Å². The van der Waals surface area contributed by atoms with Gasteiger partial charge in [0.1, 0.15) is 22.9 Å². The Balaban J connectivity index is 1.72. The van der Waals surface area contributed by atoms with E-state index in [1.165, 1.54) is 6.26 Å². The molecule has 2 N–H and O–H groups in total. The lowest BCUT2D eigenvalue weighted by Gasteiger charge is -2.21. The maximum absolute atomic E-state index is 12.5. The van der Waals surface area contributed by atoms with Crippen LogP contribution in [0, 0.1) is 0 Å². The molecule has 2 aromatic carbocycles. The molecule has 1 unspecified atom stereocenters. The minimum absolute atomic E-state index is 0.0129. The molecule has 0 aliphatic heterocycles. The van der Waals surface area contributed by atoms with E-state index in [0.717, 1.165) is 0 Å². The predicted molar refractivity (Wildman–Crippen MR) is 93.6 cm³/mol.